The van der Waals surface area contributed by atoms with Crippen molar-refractivity contribution in [1.29, 1.82) is 0 Å². The molecule has 1 atom stereocenters. The maximum atomic E-state index is 12.4. The normalized spacial score (nSPS) is 18.9. The molecule has 29 heavy (non-hydrogen) atoms. The van der Waals surface area contributed by atoms with Crippen molar-refractivity contribution in [3.05, 3.63) is 33.9 Å². The Morgan fingerprint density at radius 2 is 2.00 bits per heavy atom. The van der Waals surface area contributed by atoms with Crippen molar-refractivity contribution in [1.82, 2.24) is 15.5 Å². The van der Waals surface area contributed by atoms with Crippen LogP contribution in [0.15, 0.2) is 18.2 Å². The number of piperazine rings is 1. The van der Waals surface area contributed by atoms with Gasteiger partial charge in [0.25, 0.3) is 11.6 Å². The number of carbonyl (C=O) groups excluding carboxylic acids is 2. The van der Waals surface area contributed by atoms with Crippen molar-refractivity contribution in [3.8, 4) is 0 Å². The zero-order valence-electron chi connectivity index (χ0n) is 16.6. The minimum Gasteiger partial charge on any atom is -0.362 e. The predicted octanol–water partition coefficient (Wildman–Crippen LogP) is 1.41. The van der Waals surface area contributed by atoms with Crippen LogP contribution in [0.25, 0.3) is 0 Å². The van der Waals surface area contributed by atoms with Crippen LogP contribution in [-0.4, -0.2) is 67.5 Å². The van der Waals surface area contributed by atoms with Gasteiger partial charge in [0.05, 0.1) is 4.92 Å². The molecule has 1 aromatic rings. The number of nitrogens with zero attached hydrogens (tertiary/aromatic N) is 3. The summed E-state index contributed by atoms with van der Waals surface area (Å²) in [5.41, 5.74) is 0.702. The zero-order chi connectivity index (χ0) is 20.1. The van der Waals surface area contributed by atoms with E-state index in [0.29, 0.717) is 49.9 Å². The van der Waals surface area contributed by atoms with E-state index in [0.717, 1.165) is 25.9 Å². The number of hydrogen-bond acceptors (Lipinski definition) is 6. The molecule has 3 rings (SSSR count). The average molecular weight is 426 g/mol. The van der Waals surface area contributed by atoms with E-state index >= 15 is 0 Å². The van der Waals surface area contributed by atoms with Gasteiger partial charge in [-0.05, 0) is 44.0 Å². The van der Waals surface area contributed by atoms with E-state index < -0.39 is 4.92 Å². The Kier molecular flexibility index (Phi) is 8.21. The van der Waals surface area contributed by atoms with Crippen molar-refractivity contribution in [2.75, 3.05) is 50.7 Å². The number of nitro groups is 1. The van der Waals surface area contributed by atoms with Gasteiger partial charge in [-0.1, -0.05) is 0 Å². The van der Waals surface area contributed by atoms with Gasteiger partial charge in [-0.2, -0.15) is 0 Å². The van der Waals surface area contributed by atoms with Crippen LogP contribution >= 0.6 is 12.4 Å². The molecule has 2 fully saturated rings. The molecule has 1 aromatic carbocycles. The van der Waals surface area contributed by atoms with Gasteiger partial charge in [0.1, 0.15) is 5.69 Å². The fourth-order valence-corrected chi connectivity index (χ4v) is 3.79. The highest BCUT2D eigenvalue weighted by atomic mass is 35.5. The molecule has 2 aliphatic rings. The van der Waals surface area contributed by atoms with E-state index in [2.05, 4.69) is 10.6 Å². The van der Waals surface area contributed by atoms with Crippen molar-refractivity contribution in [3.63, 3.8) is 0 Å². The molecular formula is C19H28ClN5O4. The molecule has 2 heterocycles. The average Bonchev–Trinajstić information content (AvgIpc) is 3.21. The molecule has 2 aliphatic heterocycles. The Bertz CT molecular complexity index is 746. The minimum absolute atomic E-state index is 0. The van der Waals surface area contributed by atoms with Gasteiger partial charge in [0, 0.05) is 51.3 Å². The lowest BCUT2D eigenvalue weighted by Crippen LogP contribution is -2.48. The second-order valence-corrected chi connectivity index (χ2v) is 7.36. The van der Waals surface area contributed by atoms with Crippen molar-refractivity contribution in [2.24, 2.45) is 5.92 Å². The number of hydrogen-bond donors (Lipinski definition) is 2. The Labute approximate surface area is 176 Å². The maximum Gasteiger partial charge on any atom is 0.293 e. The molecule has 0 radical (unpaired) electrons. The number of carbonyl (C=O) groups is 2. The van der Waals surface area contributed by atoms with Crippen LogP contribution in [0.5, 0.6) is 0 Å². The molecule has 0 bridgehead atoms. The van der Waals surface area contributed by atoms with Crippen LogP contribution in [0, 0.1) is 16.0 Å². The smallest absolute Gasteiger partial charge is 0.293 e. The summed E-state index contributed by atoms with van der Waals surface area (Å²) in [6.07, 6.45) is 2.02. The quantitative estimate of drug-likeness (QED) is 0.527. The van der Waals surface area contributed by atoms with Crippen LogP contribution in [0.3, 0.4) is 0 Å². The Morgan fingerprint density at radius 3 is 2.59 bits per heavy atom. The van der Waals surface area contributed by atoms with Gasteiger partial charge in [-0.25, -0.2) is 0 Å². The summed E-state index contributed by atoms with van der Waals surface area (Å²) in [5.74, 6) is 0.294. The van der Waals surface area contributed by atoms with Crippen LogP contribution in [0.2, 0.25) is 0 Å². The van der Waals surface area contributed by atoms with E-state index in [1.165, 1.54) is 13.0 Å². The Balaban J connectivity index is 0.00000300. The topological polar surface area (TPSA) is 108 Å². The fraction of sp³-hybridized carbons (Fsp3) is 0.579. The van der Waals surface area contributed by atoms with Crippen LogP contribution < -0.4 is 15.5 Å². The molecule has 0 spiro atoms. The number of rotatable bonds is 6. The van der Waals surface area contributed by atoms with E-state index in [9.17, 15) is 19.7 Å². The molecule has 1 unspecified atom stereocenters. The molecule has 160 valence electrons. The highest BCUT2D eigenvalue weighted by molar-refractivity contribution is 5.95. The highest BCUT2D eigenvalue weighted by Gasteiger charge is 2.26. The summed E-state index contributed by atoms with van der Waals surface area (Å²) in [6, 6.07) is 4.61. The number of benzene rings is 1. The third-order valence-electron chi connectivity index (χ3n) is 5.50. The van der Waals surface area contributed by atoms with Gasteiger partial charge in [0.15, 0.2) is 0 Å². The first kappa shape index (κ1) is 22.9. The first-order chi connectivity index (χ1) is 13.5. The van der Waals surface area contributed by atoms with Crippen molar-refractivity contribution >= 4 is 35.6 Å². The van der Waals surface area contributed by atoms with Gasteiger partial charge >= 0.3 is 0 Å². The first-order valence-electron chi connectivity index (χ1n) is 9.73. The molecule has 2 saturated heterocycles. The van der Waals surface area contributed by atoms with Crippen LogP contribution in [0.1, 0.15) is 30.1 Å². The zero-order valence-corrected chi connectivity index (χ0v) is 17.4. The minimum atomic E-state index is -0.451. The van der Waals surface area contributed by atoms with E-state index in [-0.39, 0.29) is 29.9 Å². The van der Waals surface area contributed by atoms with Crippen molar-refractivity contribution < 1.29 is 14.5 Å². The predicted molar refractivity (Wildman–Crippen MR) is 113 cm³/mol. The second-order valence-electron chi connectivity index (χ2n) is 7.36. The number of halogens is 1. The first-order valence-corrected chi connectivity index (χ1v) is 9.73. The number of amides is 2. The molecule has 0 aromatic heterocycles. The standard InChI is InChI=1S/C19H27N5O4.ClH/c1-14(25)22-8-10-23(11-9-22)17-3-2-16(12-18(17)24(27)28)19(26)21-7-5-15-4-6-20-13-15;/h2-3,12,15,20H,4-11,13H2,1H3,(H,21,26);1H. The lowest BCUT2D eigenvalue weighted by Gasteiger charge is -2.35. The molecule has 10 heteroatoms. The molecule has 9 nitrogen and oxygen atoms in total. The van der Waals surface area contributed by atoms with E-state index in [1.807, 2.05) is 4.90 Å². The number of nitro benzene ring substituents is 1. The Hall–Kier alpha value is -2.39. The fourth-order valence-electron chi connectivity index (χ4n) is 3.79. The van der Waals surface area contributed by atoms with Gasteiger partial charge in [-0.3, -0.25) is 19.7 Å². The molecule has 0 aliphatic carbocycles. The molecule has 2 N–H and O–H groups in total. The molecule has 0 saturated carbocycles. The number of anilines is 1. The Morgan fingerprint density at radius 1 is 1.28 bits per heavy atom. The maximum absolute atomic E-state index is 12.4. The monoisotopic (exact) mass is 425 g/mol. The summed E-state index contributed by atoms with van der Waals surface area (Å²) in [6.45, 7) is 6.21. The van der Waals surface area contributed by atoms with Gasteiger partial charge in [0.2, 0.25) is 5.91 Å². The second kappa shape index (κ2) is 10.4. The third-order valence-corrected chi connectivity index (χ3v) is 5.50. The molecular weight excluding hydrogens is 398 g/mol. The number of nitrogens with one attached hydrogen (secondary N) is 2. The highest BCUT2D eigenvalue weighted by Crippen LogP contribution is 2.30. The van der Waals surface area contributed by atoms with Crippen molar-refractivity contribution in [2.45, 2.75) is 19.8 Å². The van der Waals surface area contributed by atoms with Crippen LogP contribution in [0.4, 0.5) is 11.4 Å². The van der Waals surface area contributed by atoms with Gasteiger partial charge in [-0.15, -0.1) is 12.4 Å². The largest absolute Gasteiger partial charge is 0.362 e. The summed E-state index contributed by atoms with van der Waals surface area (Å²) in [5, 5.41) is 17.7. The van der Waals surface area contributed by atoms with Gasteiger partial charge < -0.3 is 20.4 Å². The SMILES string of the molecule is CC(=O)N1CCN(c2ccc(C(=O)NCCC3CCNC3)cc2[N+](=O)[O-])CC1.Cl. The van der Waals surface area contributed by atoms with E-state index in [1.54, 1.807) is 17.0 Å². The summed E-state index contributed by atoms with van der Waals surface area (Å²) in [7, 11) is 0. The van der Waals surface area contributed by atoms with Crippen LogP contribution in [-0.2, 0) is 4.79 Å². The summed E-state index contributed by atoms with van der Waals surface area (Å²) >= 11 is 0. The van der Waals surface area contributed by atoms with E-state index in [4.69, 9.17) is 0 Å². The lowest BCUT2D eigenvalue weighted by atomic mass is 10.1. The summed E-state index contributed by atoms with van der Waals surface area (Å²) < 4.78 is 0. The lowest BCUT2D eigenvalue weighted by molar-refractivity contribution is -0.384. The third kappa shape index (κ3) is 5.80. The molecule has 2 amide bonds. The summed E-state index contributed by atoms with van der Waals surface area (Å²) in [4.78, 5) is 38.6.